The summed E-state index contributed by atoms with van der Waals surface area (Å²) in [7, 11) is 3.81. The highest BCUT2D eigenvalue weighted by Crippen LogP contribution is 2.63. The van der Waals surface area contributed by atoms with Crippen molar-refractivity contribution in [3.05, 3.63) is 81.4 Å². The Morgan fingerprint density at radius 3 is 1.76 bits per heavy atom. The molecule has 10 rings (SSSR count). The van der Waals surface area contributed by atoms with Crippen molar-refractivity contribution in [1.29, 1.82) is 0 Å². The van der Waals surface area contributed by atoms with Crippen molar-refractivity contribution in [3.63, 3.8) is 0 Å². The summed E-state index contributed by atoms with van der Waals surface area (Å²) in [4.78, 5) is 66.1. The topological polar surface area (TPSA) is 155 Å². The van der Waals surface area contributed by atoms with E-state index < -0.39 is 11.4 Å². The van der Waals surface area contributed by atoms with Gasteiger partial charge in [-0.25, -0.2) is 9.97 Å². The van der Waals surface area contributed by atoms with Crippen molar-refractivity contribution < 1.29 is 24.3 Å². The summed E-state index contributed by atoms with van der Waals surface area (Å²) in [6.45, 7) is 7.00. The van der Waals surface area contributed by atoms with E-state index in [4.69, 9.17) is 21.6 Å². The van der Waals surface area contributed by atoms with Gasteiger partial charge in [-0.1, -0.05) is 35.9 Å². The van der Waals surface area contributed by atoms with Gasteiger partial charge in [0.25, 0.3) is 11.8 Å². The molecule has 14 heteroatoms. The van der Waals surface area contributed by atoms with Gasteiger partial charge in [0.15, 0.2) is 11.6 Å². The normalized spacial score (nSPS) is 27.4. The average Bonchev–Trinajstić information content (AvgIpc) is 4.15. The maximum atomic E-state index is 13.9. The van der Waals surface area contributed by atoms with Gasteiger partial charge in [0.05, 0.1) is 27.5 Å². The minimum absolute atomic E-state index is 0.0681. The second-order valence-electron chi connectivity index (χ2n) is 20.3. The maximum absolute atomic E-state index is 13.9. The third kappa shape index (κ3) is 7.32. The molecule has 4 aliphatic carbocycles. The van der Waals surface area contributed by atoms with Crippen molar-refractivity contribution >= 4 is 47.0 Å². The molecule has 0 radical (unpaired) electrons. The smallest absolute Gasteiger partial charge is 0.309 e. The van der Waals surface area contributed by atoms with Crippen molar-refractivity contribution in [2.24, 2.45) is 35.8 Å². The fourth-order valence-electron chi connectivity index (χ4n) is 12.8. The number of aromatic nitrogens is 4. The number of halogens is 1. The van der Waals surface area contributed by atoms with Crippen LogP contribution in [0.15, 0.2) is 36.4 Å². The number of anilines is 2. The lowest BCUT2D eigenvalue weighted by atomic mass is 9.80. The lowest BCUT2D eigenvalue weighted by Gasteiger charge is -2.32. The molecule has 6 aliphatic rings. The summed E-state index contributed by atoms with van der Waals surface area (Å²) in [6.07, 6.45) is 14.8. The van der Waals surface area contributed by atoms with Crippen LogP contribution in [0.5, 0.6) is 0 Å². The number of nitrogens with one attached hydrogen (secondary N) is 2. The lowest BCUT2D eigenvalue weighted by Crippen LogP contribution is -2.34. The van der Waals surface area contributed by atoms with E-state index in [1.54, 1.807) is 6.07 Å². The zero-order valence-electron chi connectivity index (χ0n) is 36.8. The largest absolute Gasteiger partial charge is 0.481 e. The quantitative estimate of drug-likeness (QED) is 0.114. The molecule has 332 valence electrons. The fourth-order valence-corrected chi connectivity index (χ4v) is 13.1. The molecule has 3 N–H and O–H groups in total. The fraction of sp³-hybridized carbons (Fsp3) is 0.551. The molecule has 0 spiro atoms. The van der Waals surface area contributed by atoms with E-state index in [9.17, 15) is 24.3 Å². The number of carboxylic acids is 1. The molecule has 4 heterocycles. The van der Waals surface area contributed by atoms with E-state index in [0.29, 0.717) is 46.6 Å². The Kier molecular flexibility index (Phi) is 10.5. The van der Waals surface area contributed by atoms with Crippen LogP contribution < -0.4 is 10.6 Å². The van der Waals surface area contributed by atoms with Gasteiger partial charge in [0.2, 0.25) is 0 Å². The van der Waals surface area contributed by atoms with Crippen LogP contribution in [0.3, 0.4) is 0 Å². The van der Waals surface area contributed by atoms with Crippen molar-refractivity contribution in [1.82, 2.24) is 28.9 Å². The molecule has 2 amide bonds. The van der Waals surface area contributed by atoms with Gasteiger partial charge in [-0.2, -0.15) is 0 Å². The van der Waals surface area contributed by atoms with Crippen molar-refractivity contribution in [3.8, 4) is 11.1 Å². The number of aldehydes is 1. The number of fused-ring (bicyclic) bond motifs is 6. The molecule has 0 atom stereocenters. The third-order valence-electron chi connectivity index (χ3n) is 16.8. The zero-order chi connectivity index (χ0) is 43.9. The number of carbonyl (C=O) groups excluding carboxylic acids is 3. The van der Waals surface area contributed by atoms with Crippen LogP contribution in [0.1, 0.15) is 127 Å². The first-order valence-corrected chi connectivity index (χ1v) is 23.4. The first-order valence-electron chi connectivity index (χ1n) is 23.0. The van der Waals surface area contributed by atoms with E-state index in [-0.39, 0.29) is 22.6 Å². The lowest BCUT2D eigenvalue weighted by molar-refractivity contribution is -0.148. The molecule has 2 aliphatic heterocycles. The Hall–Kier alpha value is -4.85. The van der Waals surface area contributed by atoms with Crippen LogP contribution in [-0.4, -0.2) is 84.3 Å². The molecular formula is C49H59ClN8O5. The Morgan fingerprint density at radius 1 is 0.730 bits per heavy atom. The summed E-state index contributed by atoms with van der Waals surface area (Å²) >= 11 is 7.08. The second kappa shape index (κ2) is 15.7. The Balaban J connectivity index is 0.781. The molecule has 4 fully saturated rings. The van der Waals surface area contributed by atoms with E-state index in [2.05, 4.69) is 20.4 Å². The number of imidazole rings is 2. The van der Waals surface area contributed by atoms with Crippen LogP contribution in [0.25, 0.3) is 11.1 Å². The number of nitrogens with zero attached hydrogens (tertiary/aromatic N) is 6. The van der Waals surface area contributed by atoms with Crippen molar-refractivity contribution in [2.75, 3.05) is 36.8 Å². The van der Waals surface area contributed by atoms with Crippen molar-refractivity contribution in [2.45, 2.75) is 110 Å². The minimum atomic E-state index is -0.621. The van der Waals surface area contributed by atoms with Crippen LogP contribution >= 0.6 is 11.6 Å². The van der Waals surface area contributed by atoms with Gasteiger partial charge < -0.3 is 29.7 Å². The van der Waals surface area contributed by atoms with Gasteiger partial charge in [0.1, 0.15) is 6.29 Å². The zero-order valence-corrected chi connectivity index (χ0v) is 37.6. The Bertz CT molecular complexity index is 2520. The minimum Gasteiger partial charge on any atom is -0.481 e. The number of benzene rings is 2. The first-order chi connectivity index (χ1) is 30.2. The standard InChI is InChI=1S/C49H59ClN8O5/c1-31-32(6-4-8-34(31)53-43(60)41-51-36-27-58(23-11-38(36)55(41)2)25-21-47-16-18-49(29-47,19-17-47)45(62)63)33-7-5-9-35(40(33)50)54-44(61)42-52-37-26-57(22-10-39(37)56(42)3)24-20-46-12-14-48(28-46,30-59)15-13-46/h4-9,30H,10-29H2,1-3H3,(H,53,60)(H,54,61)(H,62,63). The van der Waals surface area contributed by atoms with Gasteiger partial charge in [-0.3, -0.25) is 24.2 Å². The van der Waals surface area contributed by atoms with Crippen LogP contribution in [0, 0.1) is 28.6 Å². The monoisotopic (exact) mass is 874 g/mol. The first kappa shape index (κ1) is 42.1. The SMILES string of the molecule is Cc1c(NC(=O)c2nc3c(n2C)CCN(CCC24CCC(C(=O)O)(CC2)C4)C3)cccc1-c1cccc(NC(=O)c2nc3c(n2C)CCN(CCC24CCC(C=O)(CC2)C4)C3)c1Cl. The highest BCUT2D eigenvalue weighted by atomic mass is 35.5. The highest BCUT2D eigenvalue weighted by molar-refractivity contribution is 6.36. The Labute approximate surface area is 374 Å². The van der Waals surface area contributed by atoms with Crippen LogP contribution in [0.4, 0.5) is 11.4 Å². The summed E-state index contributed by atoms with van der Waals surface area (Å²) < 4.78 is 3.83. The summed E-state index contributed by atoms with van der Waals surface area (Å²) in [5.74, 6) is -0.533. The number of aliphatic carboxylic acids is 1. The van der Waals surface area contributed by atoms with E-state index in [1.807, 2.05) is 60.5 Å². The Morgan fingerprint density at radius 2 is 1.24 bits per heavy atom. The van der Waals surface area contributed by atoms with Gasteiger partial charge in [-0.15, -0.1) is 0 Å². The molecule has 4 saturated carbocycles. The van der Waals surface area contributed by atoms with Gasteiger partial charge in [-0.05, 0) is 131 Å². The molecule has 0 unspecified atom stereocenters. The number of hydrogen-bond acceptors (Lipinski definition) is 8. The summed E-state index contributed by atoms with van der Waals surface area (Å²) in [5.41, 5.74) is 7.37. The highest BCUT2D eigenvalue weighted by Gasteiger charge is 2.58. The molecule has 4 aromatic rings. The van der Waals surface area contributed by atoms with E-state index in [0.717, 1.165) is 156 Å². The molecule has 2 aromatic heterocycles. The average molecular weight is 876 g/mol. The van der Waals surface area contributed by atoms with Crippen LogP contribution in [-0.2, 0) is 49.6 Å². The number of hydrogen-bond donors (Lipinski definition) is 3. The van der Waals surface area contributed by atoms with Gasteiger partial charge in [0, 0.05) is 81.2 Å². The van der Waals surface area contributed by atoms with E-state index >= 15 is 0 Å². The number of rotatable bonds is 13. The maximum Gasteiger partial charge on any atom is 0.309 e. The molecule has 63 heavy (non-hydrogen) atoms. The molecule has 0 saturated heterocycles. The predicted molar refractivity (Wildman–Crippen MR) is 241 cm³/mol. The third-order valence-corrected chi connectivity index (χ3v) is 17.2. The number of carboxylic acid groups (broad SMARTS) is 1. The molecule has 13 nitrogen and oxygen atoms in total. The second-order valence-corrected chi connectivity index (χ2v) is 20.7. The van der Waals surface area contributed by atoms with Gasteiger partial charge >= 0.3 is 5.97 Å². The predicted octanol–water partition coefficient (Wildman–Crippen LogP) is 7.97. The van der Waals surface area contributed by atoms with Crippen LogP contribution in [0.2, 0.25) is 5.02 Å². The number of carbonyl (C=O) groups is 4. The number of amides is 2. The molecule has 4 bridgehead atoms. The molecule has 2 aromatic carbocycles. The molecular weight excluding hydrogens is 816 g/mol. The summed E-state index contributed by atoms with van der Waals surface area (Å²) in [5, 5.41) is 16.4. The summed E-state index contributed by atoms with van der Waals surface area (Å²) in [6, 6.07) is 11.3. The van der Waals surface area contributed by atoms with E-state index in [1.165, 1.54) is 6.29 Å².